The largest absolute Gasteiger partial charge is 0.464 e. The molecule has 0 aliphatic rings. The van der Waals surface area contributed by atoms with Crippen molar-refractivity contribution in [1.29, 1.82) is 0 Å². The smallest absolute Gasteiger partial charge is 0.328 e. The third-order valence-corrected chi connectivity index (χ3v) is 4.53. The van der Waals surface area contributed by atoms with Gasteiger partial charge in [0.1, 0.15) is 6.04 Å². The Morgan fingerprint density at radius 3 is 2.44 bits per heavy atom. The van der Waals surface area contributed by atoms with Crippen LogP contribution in [0.4, 0.5) is 0 Å². The highest BCUT2D eigenvalue weighted by atomic mass is 79.9. The normalized spacial score (nSPS) is 12.0. The first kappa shape index (κ1) is 21.7. The highest BCUT2D eigenvalue weighted by Crippen LogP contribution is 2.13. The van der Waals surface area contributed by atoms with E-state index in [9.17, 15) is 9.59 Å². The Kier molecular flexibility index (Phi) is 10.5. The number of rotatable bonds is 11. The molecule has 1 amide bonds. The molecule has 0 bridgehead atoms. The van der Waals surface area contributed by atoms with Crippen LogP contribution in [-0.2, 0) is 9.53 Å². The number of hydrogen-bond donors (Lipinski definition) is 1. The molecule has 0 aliphatic heterocycles. The summed E-state index contributed by atoms with van der Waals surface area (Å²) in [6.07, 6.45) is 6.85. The highest BCUT2D eigenvalue weighted by molar-refractivity contribution is 9.10. The monoisotopic (exact) mass is 411 g/mol. The van der Waals surface area contributed by atoms with Crippen molar-refractivity contribution in [3.63, 3.8) is 0 Å². The molecule has 0 aromatic heterocycles. The van der Waals surface area contributed by atoms with E-state index in [1.807, 2.05) is 19.9 Å². The second-order valence-corrected chi connectivity index (χ2v) is 7.56. The van der Waals surface area contributed by atoms with Gasteiger partial charge >= 0.3 is 5.97 Å². The molecular formula is C20H30BrNO3. The number of nitrogens with one attached hydrogen (secondary N) is 1. The number of carbonyl (C=O) groups is 2. The maximum absolute atomic E-state index is 12.4. The van der Waals surface area contributed by atoms with E-state index in [1.165, 1.54) is 25.7 Å². The van der Waals surface area contributed by atoms with Crippen molar-refractivity contribution in [2.75, 3.05) is 6.61 Å². The van der Waals surface area contributed by atoms with Gasteiger partial charge in [0.25, 0.3) is 5.91 Å². The fourth-order valence-corrected chi connectivity index (χ4v) is 2.90. The van der Waals surface area contributed by atoms with E-state index >= 15 is 0 Å². The Balaban J connectivity index is 2.44. The summed E-state index contributed by atoms with van der Waals surface area (Å²) in [7, 11) is 0. The van der Waals surface area contributed by atoms with Gasteiger partial charge in [0, 0.05) is 10.0 Å². The van der Waals surface area contributed by atoms with Crippen LogP contribution in [0.2, 0.25) is 0 Å². The van der Waals surface area contributed by atoms with Gasteiger partial charge in [0.2, 0.25) is 0 Å². The lowest BCUT2D eigenvalue weighted by atomic mass is 10.0. The second-order valence-electron chi connectivity index (χ2n) is 6.64. The molecule has 5 heteroatoms. The predicted molar refractivity (Wildman–Crippen MR) is 105 cm³/mol. The van der Waals surface area contributed by atoms with E-state index < -0.39 is 6.04 Å². The van der Waals surface area contributed by atoms with Crippen molar-refractivity contribution < 1.29 is 14.3 Å². The lowest BCUT2D eigenvalue weighted by Gasteiger charge is -2.21. The standard InChI is InChI=1S/C20H30BrNO3/c1-4-5-6-7-8-9-13-25-20(24)18(15(2)3)22-19(23)16-11-10-12-17(21)14-16/h10-12,14-15,18H,4-9,13H2,1-3H3,(H,22,23). The van der Waals surface area contributed by atoms with Crippen LogP contribution in [0.3, 0.4) is 0 Å². The van der Waals surface area contributed by atoms with Gasteiger partial charge < -0.3 is 10.1 Å². The summed E-state index contributed by atoms with van der Waals surface area (Å²) >= 11 is 3.35. The fourth-order valence-electron chi connectivity index (χ4n) is 2.50. The van der Waals surface area contributed by atoms with Gasteiger partial charge in [-0.1, -0.05) is 74.9 Å². The third kappa shape index (κ3) is 8.52. The molecule has 140 valence electrons. The minimum absolute atomic E-state index is 0.0341. The number of amides is 1. The van der Waals surface area contributed by atoms with Gasteiger partial charge in [-0.15, -0.1) is 0 Å². The Bertz CT molecular complexity index is 545. The molecule has 0 aliphatic carbocycles. The average molecular weight is 412 g/mol. The molecule has 0 radical (unpaired) electrons. The maximum Gasteiger partial charge on any atom is 0.328 e. The van der Waals surface area contributed by atoms with Crippen LogP contribution in [0.5, 0.6) is 0 Å². The summed E-state index contributed by atoms with van der Waals surface area (Å²) in [6.45, 7) is 6.41. The van der Waals surface area contributed by atoms with Crippen molar-refractivity contribution in [2.45, 2.75) is 65.3 Å². The first-order valence-corrected chi connectivity index (χ1v) is 9.98. The van der Waals surface area contributed by atoms with Gasteiger partial charge in [-0.2, -0.15) is 0 Å². The van der Waals surface area contributed by atoms with Gasteiger partial charge in [0.05, 0.1) is 6.61 Å². The van der Waals surface area contributed by atoms with Crippen molar-refractivity contribution in [3.8, 4) is 0 Å². The molecule has 25 heavy (non-hydrogen) atoms. The summed E-state index contributed by atoms with van der Waals surface area (Å²) < 4.78 is 6.20. The SMILES string of the molecule is CCCCCCCCOC(=O)C(NC(=O)c1cccc(Br)c1)C(C)C. The molecule has 0 saturated heterocycles. The molecule has 1 rings (SSSR count). The van der Waals surface area contributed by atoms with Crippen molar-refractivity contribution >= 4 is 27.8 Å². The zero-order chi connectivity index (χ0) is 18.7. The van der Waals surface area contributed by atoms with E-state index in [-0.39, 0.29) is 17.8 Å². The Morgan fingerprint density at radius 1 is 1.12 bits per heavy atom. The van der Waals surface area contributed by atoms with Gasteiger partial charge in [0.15, 0.2) is 0 Å². The van der Waals surface area contributed by atoms with Crippen LogP contribution < -0.4 is 5.32 Å². The summed E-state index contributed by atoms with van der Waals surface area (Å²) in [5, 5.41) is 2.79. The van der Waals surface area contributed by atoms with Crippen LogP contribution >= 0.6 is 15.9 Å². The molecule has 0 fully saturated rings. The van der Waals surface area contributed by atoms with Crippen LogP contribution in [0.25, 0.3) is 0 Å². The minimum atomic E-state index is -0.633. The van der Waals surface area contributed by atoms with E-state index in [1.54, 1.807) is 18.2 Å². The molecular weight excluding hydrogens is 382 g/mol. The van der Waals surface area contributed by atoms with Crippen molar-refractivity contribution in [2.24, 2.45) is 5.92 Å². The number of hydrogen-bond acceptors (Lipinski definition) is 3. The molecule has 0 spiro atoms. The first-order chi connectivity index (χ1) is 12.0. The van der Waals surface area contributed by atoms with Crippen LogP contribution in [0.1, 0.15) is 69.7 Å². The summed E-state index contributed by atoms with van der Waals surface area (Å²) in [5.74, 6) is -0.656. The molecule has 1 aromatic carbocycles. The number of benzene rings is 1. The number of halogens is 1. The van der Waals surface area contributed by atoms with Crippen LogP contribution in [-0.4, -0.2) is 24.5 Å². The van der Waals surface area contributed by atoms with Crippen LogP contribution in [0, 0.1) is 5.92 Å². The zero-order valence-electron chi connectivity index (χ0n) is 15.5. The third-order valence-electron chi connectivity index (χ3n) is 4.04. The first-order valence-electron chi connectivity index (χ1n) is 9.18. The maximum atomic E-state index is 12.4. The predicted octanol–water partition coefficient (Wildman–Crippen LogP) is 5.11. The van der Waals surface area contributed by atoms with Gasteiger partial charge in [-0.3, -0.25) is 4.79 Å². The van der Waals surface area contributed by atoms with Gasteiger partial charge in [-0.05, 0) is 30.5 Å². The van der Waals surface area contributed by atoms with E-state index in [2.05, 4.69) is 28.2 Å². The van der Waals surface area contributed by atoms with Crippen molar-refractivity contribution in [3.05, 3.63) is 34.3 Å². The quantitative estimate of drug-likeness (QED) is 0.406. The highest BCUT2D eigenvalue weighted by Gasteiger charge is 2.26. The summed E-state index contributed by atoms with van der Waals surface area (Å²) in [5.41, 5.74) is 0.517. The second kappa shape index (κ2) is 12.1. The van der Waals surface area contributed by atoms with Gasteiger partial charge in [-0.25, -0.2) is 4.79 Å². The number of esters is 1. The van der Waals surface area contributed by atoms with E-state index in [0.717, 1.165) is 17.3 Å². The molecule has 1 atom stereocenters. The zero-order valence-corrected chi connectivity index (χ0v) is 17.1. The Hall–Kier alpha value is -1.36. The number of unbranched alkanes of at least 4 members (excludes halogenated alkanes) is 5. The topological polar surface area (TPSA) is 55.4 Å². The van der Waals surface area contributed by atoms with Crippen molar-refractivity contribution in [1.82, 2.24) is 5.32 Å². The fraction of sp³-hybridized carbons (Fsp3) is 0.600. The minimum Gasteiger partial charge on any atom is -0.464 e. The summed E-state index contributed by atoms with van der Waals surface area (Å²) in [4.78, 5) is 24.7. The molecule has 1 aromatic rings. The molecule has 1 unspecified atom stereocenters. The van der Waals surface area contributed by atoms with E-state index in [0.29, 0.717) is 12.2 Å². The van der Waals surface area contributed by atoms with E-state index in [4.69, 9.17) is 4.74 Å². The number of ether oxygens (including phenoxy) is 1. The van der Waals surface area contributed by atoms with Crippen LogP contribution in [0.15, 0.2) is 28.7 Å². The molecule has 1 N–H and O–H groups in total. The molecule has 4 nitrogen and oxygen atoms in total. The summed E-state index contributed by atoms with van der Waals surface area (Å²) in [6, 6.07) is 6.46. The lowest BCUT2D eigenvalue weighted by Crippen LogP contribution is -2.45. The lowest BCUT2D eigenvalue weighted by molar-refractivity contribution is -0.147. The average Bonchev–Trinajstić information content (AvgIpc) is 2.58. The number of carbonyl (C=O) groups excluding carboxylic acids is 2. The molecule has 0 heterocycles. The Labute approximate surface area is 159 Å². The molecule has 0 saturated carbocycles. The Morgan fingerprint density at radius 2 is 1.80 bits per heavy atom.